The summed E-state index contributed by atoms with van der Waals surface area (Å²) in [6.07, 6.45) is 14.8. The second-order valence-electron chi connectivity index (χ2n) is 8.73. The van der Waals surface area contributed by atoms with E-state index in [4.69, 9.17) is 6.92 Å². The van der Waals surface area contributed by atoms with Gasteiger partial charge in [-0.1, -0.05) is 44.2 Å². The van der Waals surface area contributed by atoms with E-state index in [1.165, 1.54) is 23.1 Å². The van der Waals surface area contributed by atoms with Gasteiger partial charge in [0.25, 0.3) is 0 Å². The van der Waals surface area contributed by atoms with Crippen LogP contribution in [0.2, 0.25) is 0 Å². The third-order valence-electron chi connectivity index (χ3n) is 6.50. The smallest absolute Gasteiger partial charge is 0.169 e. The molecule has 0 bridgehead atoms. The van der Waals surface area contributed by atoms with Crippen LogP contribution in [0.25, 0.3) is 0 Å². The van der Waals surface area contributed by atoms with E-state index < -0.39 is 0 Å². The first kappa shape index (κ1) is 23.2. The lowest BCUT2D eigenvalue weighted by Crippen LogP contribution is -2.32. The van der Waals surface area contributed by atoms with Gasteiger partial charge < -0.3 is 0 Å². The first-order valence-corrected chi connectivity index (χ1v) is 11.8. The predicted octanol–water partition coefficient (Wildman–Crippen LogP) is 7.11. The maximum Gasteiger partial charge on any atom is 0.169 e. The molecule has 2 radical (unpaired) electrons. The van der Waals surface area contributed by atoms with E-state index in [0.29, 0.717) is 17.8 Å². The molecular weight excluding hydrogens is 376 g/mol. The van der Waals surface area contributed by atoms with Gasteiger partial charge in [-0.05, 0) is 85.6 Å². The Kier molecular flexibility index (Phi) is 9.27. The number of pyridine rings is 2. The largest absolute Gasteiger partial charge is 0.265 e. The van der Waals surface area contributed by atoms with Gasteiger partial charge in [-0.2, -0.15) is 0 Å². The third-order valence-corrected chi connectivity index (χ3v) is 6.50. The number of hydrogen-bond acceptors (Lipinski definition) is 1. The van der Waals surface area contributed by atoms with Crippen molar-refractivity contribution in [3.8, 4) is 0 Å². The lowest BCUT2D eigenvalue weighted by atomic mass is 9.79. The average Bonchev–Trinajstić information content (AvgIpc) is 2.83. The fourth-order valence-corrected chi connectivity index (χ4v) is 4.56. The van der Waals surface area contributed by atoms with Crippen molar-refractivity contribution in [3.05, 3.63) is 103 Å². The number of rotatable bonds is 12. The minimum absolute atomic E-state index is 0.505. The highest BCUT2D eigenvalue weighted by atomic mass is 14.9. The summed E-state index contributed by atoms with van der Waals surface area (Å²) in [6, 6.07) is 20.0. The van der Waals surface area contributed by atoms with Crippen LogP contribution in [0, 0.1) is 6.92 Å². The first-order valence-electron chi connectivity index (χ1n) is 11.8. The Morgan fingerprint density at radius 1 is 0.806 bits per heavy atom. The Labute approximate surface area is 189 Å². The molecule has 0 N–H and O–H groups in total. The van der Waals surface area contributed by atoms with Crippen LogP contribution in [0.5, 0.6) is 0 Å². The van der Waals surface area contributed by atoms with Crippen LogP contribution in [0.4, 0.5) is 0 Å². The van der Waals surface area contributed by atoms with Gasteiger partial charge in [0.1, 0.15) is 6.54 Å². The summed E-state index contributed by atoms with van der Waals surface area (Å²) in [5.74, 6) is 1.59. The molecule has 0 aliphatic carbocycles. The molecule has 0 aliphatic heterocycles. The third kappa shape index (κ3) is 7.02. The fraction of sp³-hybridized carbons (Fsp3) is 0.414. The molecule has 3 rings (SSSR count). The van der Waals surface area contributed by atoms with Gasteiger partial charge in [0.05, 0.1) is 0 Å². The van der Waals surface area contributed by atoms with E-state index in [0.717, 1.165) is 38.6 Å². The second-order valence-corrected chi connectivity index (χ2v) is 8.73. The van der Waals surface area contributed by atoms with E-state index in [-0.39, 0.29) is 0 Å². The van der Waals surface area contributed by atoms with Gasteiger partial charge in [0, 0.05) is 30.9 Å². The maximum absolute atomic E-state index is 5.62. The van der Waals surface area contributed by atoms with Gasteiger partial charge in [-0.15, -0.1) is 0 Å². The van der Waals surface area contributed by atoms with Gasteiger partial charge in [0.15, 0.2) is 12.4 Å². The van der Waals surface area contributed by atoms with Crippen LogP contribution >= 0.6 is 0 Å². The number of aromatic nitrogens is 2. The van der Waals surface area contributed by atoms with Crippen LogP contribution in [0.3, 0.4) is 0 Å². The van der Waals surface area contributed by atoms with Crippen LogP contribution < -0.4 is 4.57 Å². The number of nitrogens with zero attached hydrogens (tertiary/aromatic N) is 2. The Morgan fingerprint density at radius 2 is 1.48 bits per heavy atom. The lowest BCUT2D eigenvalue weighted by molar-refractivity contribution is -0.697. The van der Waals surface area contributed by atoms with E-state index in [1.807, 2.05) is 12.4 Å². The first-order chi connectivity index (χ1) is 15.2. The normalized spacial score (nSPS) is 14.2. The molecule has 2 aromatic heterocycles. The molecule has 1 aromatic carbocycles. The van der Waals surface area contributed by atoms with Crippen molar-refractivity contribution in [3.63, 3.8) is 0 Å². The van der Waals surface area contributed by atoms with Gasteiger partial charge in [-0.25, -0.2) is 4.57 Å². The summed E-state index contributed by atoms with van der Waals surface area (Å²) in [5.41, 5.74) is 4.28. The molecule has 2 nitrogen and oxygen atoms in total. The van der Waals surface area contributed by atoms with Crippen molar-refractivity contribution in [1.29, 1.82) is 0 Å². The van der Waals surface area contributed by atoms with Gasteiger partial charge >= 0.3 is 0 Å². The molecule has 0 saturated carbocycles. The Hall–Kier alpha value is -2.48. The average molecular weight is 414 g/mol. The molecule has 3 aromatic rings. The minimum atomic E-state index is 0.505. The number of aryl methyl sites for hydroxylation is 1. The molecule has 0 fully saturated rings. The second kappa shape index (κ2) is 12.4. The quantitative estimate of drug-likeness (QED) is 0.228. The van der Waals surface area contributed by atoms with Crippen LogP contribution in [0.15, 0.2) is 79.4 Å². The van der Waals surface area contributed by atoms with Crippen LogP contribution in [-0.2, 0) is 6.54 Å². The Bertz CT molecular complexity index is 858. The van der Waals surface area contributed by atoms with E-state index in [1.54, 1.807) is 0 Å². The molecular formula is C29H37N2+. The van der Waals surface area contributed by atoms with Gasteiger partial charge in [-0.3, -0.25) is 4.98 Å². The zero-order valence-electron chi connectivity index (χ0n) is 19.2. The lowest BCUT2D eigenvalue weighted by Gasteiger charge is -2.26. The molecule has 0 amide bonds. The molecule has 2 heteroatoms. The van der Waals surface area contributed by atoms with Crippen LogP contribution in [-0.4, -0.2) is 4.98 Å². The summed E-state index contributed by atoms with van der Waals surface area (Å²) in [4.78, 5) is 4.25. The zero-order valence-corrected chi connectivity index (χ0v) is 19.2. The van der Waals surface area contributed by atoms with Crippen molar-refractivity contribution in [2.75, 3.05) is 0 Å². The Balaban J connectivity index is 1.72. The van der Waals surface area contributed by atoms with E-state index in [9.17, 15) is 0 Å². The summed E-state index contributed by atoms with van der Waals surface area (Å²) in [7, 11) is 0. The van der Waals surface area contributed by atoms with Crippen molar-refractivity contribution in [2.24, 2.45) is 0 Å². The summed E-state index contributed by atoms with van der Waals surface area (Å²) in [6.45, 7) is 11.3. The number of hydrogen-bond donors (Lipinski definition) is 0. The molecule has 3 unspecified atom stereocenters. The Morgan fingerprint density at radius 3 is 2.13 bits per heavy atom. The van der Waals surface area contributed by atoms with Crippen LogP contribution in [0.1, 0.15) is 86.8 Å². The molecule has 0 aliphatic rings. The predicted molar refractivity (Wildman–Crippen MR) is 129 cm³/mol. The number of unbranched alkanes of at least 4 members (excludes halogenated alkanes) is 2. The van der Waals surface area contributed by atoms with Crippen molar-refractivity contribution in [1.82, 2.24) is 4.98 Å². The molecule has 31 heavy (non-hydrogen) atoms. The highest BCUT2D eigenvalue weighted by molar-refractivity contribution is 5.24. The van der Waals surface area contributed by atoms with Crippen molar-refractivity contribution >= 4 is 0 Å². The minimum Gasteiger partial charge on any atom is -0.265 e. The SMILES string of the molecule is [CH]CCCC[n+]1ccc(C(C)CC(CC(CC)c2ccccc2)c2ccncc2)cc1. The monoisotopic (exact) mass is 413 g/mol. The summed E-state index contributed by atoms with van der Waals surface area (Å²) < 4.78 is 2.27. The standard InChI is InChI=1S/C29H37N2/c1-4-6-10-19-31-20-15-26(16-21-31)24(3)22-29(28-13-17-30-18-14-28)23-25(5-2)27-11-8-7-9-12-27/h1,7-9,11-18,20-21,24-25,29H,4-6,10,19,22-23H2,2-3H3/q+1. The van der Waals surface area contributed by atoms with Crippen molar-refractivity contribution < 1.29 is 4.57 Å². The summed E-state index contributed by atoms with van der Waals surface area (Å²) in [5, 5.41) is 0. The fourth-order valence-electron chi connectivity index (χ4n) is 4.56. The molecule has 162 valence electrons. The molecule has 0 spiro atoms. The van der Waals surface area contributed by atoms with E-state index >= 15 is 0 Å². The maximum atomic E-state index is 5.62. The topological polar surface area (TPSA) is 16.8 Å². The highest BCUT2D eigenvalue weighted by Gasteiger charge is 2.22. The number of benzene rings is 1. The highest BCUT2D eigenvalue weighted by Crippen LogP contribution is 2.38. The summed E-state index contributed by atoms with van der Waals surface area (Å²) >= 11 is 0. The molecule has 3 atom stereocenters. The van der Waals surface area contributed by atoms with Gasteiger partial charge in [0.2, 0.25) is 0 Å². The molecule has 2 heterocycles. The zero-order chi connectivity index (χ0) is 21.9. The van der Waals surface area contributed by atoms with Crippen molar-refractivity contribution in [2.45, 2.75) is 76.7 Å². The molecule has 0 saturated heterocycles. The van der Waals surface area contributed by atoms with E-state index in [2.05, 4.69) is 90.4 Å².